The van der Waals surface area contributed by atoms with Crippen molar-refractivity contribution in [1.29, 1.82) is 0 Å². The molecule has 2 aliphatic carbocycles. The number of nitrogens with one attached hydrogen (secondary N) is 4. The van der Waals surface area contributed by atoms with Gasteiger partial charge in [-0.3, -0.25) is 19.2 Å². The molecule has 1 aliphatic heterocycles. The van der Waals surface area contributed by atoms with E-state index in [1.807, 2.05) is 50.2 Å². The lowest BCUT2D eigenvalue weighted by atomic mass is 9.86. The monoisotopic (exact) mass is 620 g/mol. The molecule has 1 saturated heterocycles. The molecule has 2 aromatic carbocycles. The summed E-state index contributed by atoms with van der Waals surface area (Å²) in [6, 6.07) is 13.1. The number of halogens is 1. The molecule has 0 spiro atoms. The lowest BCUT2D eigenvalue weighted by Crippen LogP contribution is -2.55. The normalized spacial score (nSPS) is 20.4. The van der Waals surface area contributed by atoms with Crippen molar-refractivity contribution in [1.82, 2.24) is 21.3 Å². The van der Waals surface area contributed by atoms with Gasteiger partial charge in [0.05, 0.1) is 6.04 Å². The molecule has 3 aliphatic rings. The minimum Gasteiger partial charge on any atom is -0.440 e. The second-order valence-corrected chi connectivity index (χ2v) is 12.9. The molecular formula is C34H41FN4O6. The first-order valence-corrected chi connectivity index (χ1v) is 15.8. The molecule has 10 nitrogen and oxygen atoms in total. The number of carbonyl (C=O) groups excluding carboxylic acids is 5. The highest BCUT2D eigenvalue weighted by Gasteiger charge is 2.54. The van der Waals surface area contributed by atoms with E-state index in [1.165, 1.54) is 12.1 Å². The SMILES string of the molecule is CC(C)CC(NC(=O)OC(c1ccccc1)C1(c2cccc(F)c2)CC1)C(=O)NC(CC1CCNC1=O)C(=O)C(=O)NC1CC1. The standard InChI is InChI=1S/C34H41FN4O6/c1-20(2)17-27(31(42)38-26(18-22-13-16-36-30(22)41)28(40)32(43)37-25-11-12-25)39-33(44)45-29(21-7-4-3-5-8-21)34(14-15-34)23-9-6-10-24(35)19-23/h3-10,19-20,22,25-27,29H,11-18H2,1-2H3,(H,36,41)(H,37,43)(H,38,42)(H,39,44). The quantitative estimate of drug-likeness (QED) is 0.238. The molecule has 11 heteroatoms. The van der Waals surface area contributed by atoms with Crippen LogP contribution < -0.4 is 21.3 Å². The summed E-state index contributed by atoms with van der Waals surface area (Å²) in [4.78, 5) is 65.3. The van der Waals surface area contributed by atoms with Gasteiger partial charge in [0.15, 0.2) is 0 Å². The maximum atomic E-state index is 14.2. The fraction of sp³-hybridized carbons (Fsp3) is 0.500. The fourth-order valence-electron chi connectivity index (χ4n) is 6.05. The Morgan fingerprint density at radius 2 is 1.71 bits per heavy atom. The third-order valence-corrected chi connectivity index (χ3v) is 8.79. The Morgan fingerprint density at radius 1 is 0.978 bits per heavy atom. The van der Waals surface area contributed by atoms with Crippen molar-refractivity contribution in [3.63, 3.8) is 0 Å². The molecule has 0 radical (unpaired) electrons. The Hall–Kier alpha value is -4.28. The van der Waals surface area contributed by atoms with Gasteiger partial charge in [-0.2, -0.15) is 0 Å². The van der Waals surface area contributed by atoms with Gasteiger partial charge in [0.2, 0.25) is 17.6 Å². The van der Waals surface area contributed by atoms with Crippen LogP contribution in [0.2, 0.25) is 0 Å². The van der Waals surface area contributed by atoms with Crippen molar-refractivity contribution in [2.45, 2.75) is 88.4 Å². The van der Waals surface area contributed by atoms with Gasteiger partial charge >= 0.3 is 6.09 Å². The van der Waals surface area contributed by atoms with Crippen LogP contribution >= 0.6 is 0 Å². The molecule has 4 atom stereocenters. The van der Waals surface area contributed by atoms with Crippen LogP contribution in [-0.2, 0) is 29.3 Å². The van der Waals surface area contributed by atoms with Gasteiger partial charge in [-0.1, -0.05) is 56.3 Å². The Balaban J connectivity index is 1.33. The Morgan fingerprint density at radius 3 is 2.31 bits per heavy atom. The van der Waals surface area contributed by atoms with Crippen molar-refractivity contribution in [3.05, 3.63) is 71.5 Å². The van der Waals surface area contributed by atoms with Crippen molar-refractivity contribution >= 4 is 29.6 Å². The summed E-state index contributed by atoms with van der Waals surface area (Å²) in [5.74, 6) is -3.45. The van der Waals surface area contributed by atoms with Crippen LogP contribution in [0, 0.1) is 17.7 Å². The molecule has 4 amide bonds. The highest BCUT2D eigenvalue weighted by Crippen LogP contribution is 2.58. The maximum absolute atomic E-state index is 14.2. The van der Waals surface area contributed by atoms with Gasteiger partial charge in [0, 0.05) is 23.9 Å². The minimum atomic E-state index is -1.24. The molecule has 45 heavy (non-hydrogen) atoms. The highest BCUT2D eigenvalue weighted by molar-refractivity contribution is 6.38. The zero-order chi connectivity index (χ0) is 32.1. The number of rotatable bonds is 14. The maximum Gasteiger partial charge on any atom is 0.408 e. The van der Waals surface area contributed by atoms with E-state index in [0.29, 0.717) is 25.8 Å². The van der Waals surface area contributed by atoms with Crippen LogP contribution in [-0.4, -0.2) is 54.3 Å². The smallest absolute Gasteiger partial charge is 0.408 e. The predicted molar refractivity (Wildman–Crippen MR) is 163 cm³/mol. The topological polar surface area (TPSA) is 143 Å². The van der Waals surface area contributed by atoms with Gasteiger partial charge in [0.25, 0.3) is 5.91 Å². The van der Waals surface area contributed by atoms with Gasteiger partial charge < -0.3 is 26.0 Å². The number of ether oxygens (including phenoxy) is 1. The second-order valence-electron chi connectivity index (χ2n) is 12.9. The molecule has 2 saturated carbocycles. The van der Waals surface area contributed by atoms with E-state index in [0.717, 1.165) is 24.0 Å². The molecule has 4 unspecified atom stereocenters. The third kappa shape index (κ3) is 8.06. The molecule has 3 fully saturated rings. The number of Topliss-reactive ketones (excluding diaryl/α,β-unsaturated/α-hetero) is 1. The first-order chi connectivity index (χ1) is 21.6. The van der Waals surface area contributed by atoms with Crippen molar-refractivity contribution in [3.8, 4) is 0 Å². The van der Waals surface area contributed by atoms with E-state index in [-0.39, 0.29) is 36.5 Å². The van der Waals surface area contributed by atoms with E-state index in [9.17, 15) is 28.4 Å². The summed E-state index contributed by atoms with van der Waals surface area (Å²) in [5, 5.41) is 10.7. The molecule has 0 aromatic heterocycles. The first kappa shape index (κ1) is 32.1. The van der Waals surface area contributed by atoms with Crippen LogP contribution in [0.1, 0.15) is 76.0 Å². The number of carbonyl (C=O) groups is 5. The zero-order valence-electron chi connectivity index (χ0n) is 25.6. The average molecular weight is 621 g/mol. The third-order valence-electron chi connectivity index (χ3n) is 8.79. The zero-order valence-corrected chi connectivity index (χ0v) is 25.6. The molecule has 1 heterocycles. The van der Waals surface area contributed by atoms with E-state index in [2.05, 4.69) is 21.3 Å². The number of ketones is 1. The second kappa shape index (κ2) is 13.8. The molecule has 2 aromatic rings. The van der Waals surface area contributed by atoms with Gasteiger partial charge in [-0.05, 0) is 74.1 Å². The van der Waals surface area contributed by atoms with Crippen molar-refractivity contribution in [2.75, 3.05) is 6.54 Å². The van der Waals surface area contributed by atoms with Gasteiger partial charge in [0.1, 0.15) is 18.0 Å². The number of amides is 4. The van der Waals surface area contributed by atoms with Crippen LogP contribution in [0.3, 0.4) is 0 Å². The van der Waals surface area contributed by atoms with E-state index < -0.39 is 53.2 Å². The number of hydrogen-bond acceptors (Lipinski definition) is 6. The van der Waals surface area contributed by atoms with Gasteiger partial charge in [-0.15, -0.1) is 0 Å². The summed E-state index contributed by atoms with van der Waals surface area (Å²) in [6.45, 7) is 4.23. The molecular weight excluding hydrogens is 579 g/mol. The fourth-order valence-corrected chi connectivity index (χ4v) is 6.05. The molecule has 5 rings (SSSR count). The number of hydrogen-bond donors (Lipinski definition) is 4. The minimum absolute atomic E-state index is 0.0269. The largest absolute Gasteiger partial charge is 0.440 e. The van der Waals surface area contributed by atoms with Crippen molar-refractivity contribution in [2.24, 2.45) is 11.8 Å². The van der Waals surface area contributed by atoms with E-state index in [4.69, 9.17) is 4.74 Å². The molecule has 240 valence electrons. The predicted octanol–water partition coefficient (Wildman–Crippen LogP) is 3.60. The highest BCUT2D eigenvalue weighted by atomic mass is 19.1. The van der Waals surface area contributed by atoms with Crippen LogP contribution in [0.25, 0.3) is 0 Å². The average Bonchev–Trinajstić information content (AvgIpc) is 3.95. The van der Waals surface area contributed by atoms with Crippen LogP contribution in [0.5, 0.6) is 0 Å². The lowest BCUT2D eigenvalue weighted by molar-refractivity contribution is -0.141. The lowest BCUT2D eigenvalue weighted by Gasteiger charge is -2.29. The van der Waals surface area contributed by atoms with Crippen LogP contribution in [0.15, 0.2) is 54.6 Å². The Labute approximate surface area is 262 Å². The van der Waals surface area contributed by atoms with E-state index in [1.54, 1.807) is 6.07 Å². The summed E-state index contributed by atoms with van der Waals surface area (Å²) >= 11 is 0. The van der Waals surface area contributed by atoms with E-state index >= 15 is 0 Å². The van der Waals surface area contributed by atoms with Crippen LogP contribution in [0.4, 0.5) is 9.18 Å². The van der Waals surface area contributed by atoms with Crippen molar-refractivity contribution < 1.29 is 33.1 Å². The summed E-state index contributed by atoms with van der Waals surface area (Å²) in [6.07, 6.45) is 2.03. The summed E-state index contributed by atoms with van der Waals surface area (Å²) < 4.78 is 20.3. The number of benzene rings is 2. The Kier molecular flexibility index (Phi) is 9.84. The molecule has 0 bridgehead atoms. The summed E-state index contributed by atoms with van der Waals surface area (Å²) in [5.41, 5.74) is 0.842. The number of alkyl carbamates (subject to hydrolysis) is 1. The first-order valence-electron chi connectivity index (χ1n) is 15.8. The van der Waals surface area contributed by atoms with Gasteiger partial charge in [-0.25, -0.2) is 9.18 Å². The molecule has 4 N–H and O–H groups in total. The summed E-state index contributed by atoms with van der Waals surface area (Å²) in [7, 11) is 0. The Bertz CT molecular complexity index is 1420.